The number of nitrogens with one attached hydrogen (secondary N) is 1. The minimum absolute atomic E-state index is 0.0533. The van der Waals surface area contributed by atoms with Crippen molar-refractivity contribution >= 4 is 10.0 Å². The van der Waals surface area contributed by atoms with Crippen LogP contribution in [0.3, 0.4) is 0 Å². The van der Waals surface area contributed by atoms with Crippen molar-refractivity contribution in [3.05, 3.63) is 71.4 Å². The third-order valence-corrected chi connectivity index (χ3v) is 6.73. The lowest BCUT2D eigenvalue weighted by atomic mass is 10.0. The van der Waals surface area contributed by atoms with Crippen LogP contribution >= 0.6 is 0 Å². The molecule has 0 amide bonds. The fourth-order valence-corrected chi connectivity index (χ4v) is 5.11. The summed E-state index contributed by atoms with van der Waals surface area (Å²) in [4.78, 5) is 4.00. The zero-order valence-corrected chi connectivity index (χ0v) is 15.9. The molecule has 1 N–H and O–H groups in total. The Kier molecular flexibility index (Phi) is 4.36. The van der Waals surface area contributed by atoms with E-state index in [0.29, 0.717) is 17.7 Å². The number of benzene rings is 1. The molecule has 0 aliphatic heterocycles. The van der Waals surface area contributed by atoms with Gasteiger partial charge in [-0.25, -0.2) is 16.8 Å². The third kappa shape index (κ3) is 2.87. The van der Waals surface area contributed by atoms with Gasteiger partial charge in [-0.05, 0) is 67.8 Å². The number of pyridine rings is 1. The molecular formula is C20H20FN3O2S. The quantitative estimate of drug-likeness (QED) is 0.747. The Morgan fingerprint density at radius 2 is 2.11 bits per heavy atom. The highest BCUT2D eigenvalue weighted by molar-refractivity contribution is 7.90. The molecule has 4 rings (SSSR count). The molecule has 0 bridgehead atoms. The summed E-state index contributed by atoms with van der Waals surface area (Å²) in [6.45, 7) is 1.81. The number of nitrogens with zero attached hydrogens (tertiary/aromatic N) is 2. The molecule has 0 saturated carbocycles. The van der Waals surface area contributed by atoms with Gasteiger partial charge in [0, 0.05) is 30.2 Å². The summed E-state index contributed by atoms with van der Waals surface area (Å²) in [6.07, 6.45) is 6.01. The van der Waals surface area contributed by atoms with Crippen LogP contribution in [-0.2, 0) is 16.4 Å². The van der Waals surface area contributed by atoms with Gasteiger partial charge in [0.15, 0.2) is 0 Å². The molecule has 1 aliphatic rings. The fraction of sp³-hybridized carbons (Fsp3) is 0.250. The first-order chi connectivity index (χ1) is 12.9. The second-order valence-corrected chi connectivity index (χ2v) is 8.58. The van der Waals surface area contributed by atoms with Crippen LogP contribution in [0.5, 0.6) is 0 Å². The maximum absolute atomic E-state index is 14.8. The molecule has 0 radical (unpaired) electrons. The van der Waals surface area contributed by atoms with E-state index >= 15 is 0 Å². The van der Waals surface area contributed by atoms with Crippen molar-refractivity contribution in [3.63, 3.8) is 0 Å². The molecule has 27 heavy (non-hydrogen) atoms. The van der Waals surface area contributed by atoms with E-state index in [4.69, 9.17) is 0 Å². The van der Waals surface area contributed by atoms with Crippen LogP contribution in [0.25, 0.3) is 11.3 Å². The van der Waals surface area contributed by atoms with E-state index in [2.05, 4.69) is 10.3 Å². The highest BCUT2D eigenvalue weighted by atomic mass is 32.2. The zero-order valence-electron chi connectivity index (χ0n) is 15.1. The molecule has 2 heterocycles. The lowest BCUT2D eigenvalue weighted by molar-refractivity contribution is 0.578. The molecule has 140 valence electrons. The van der Waals surface area contributed by atoms with Crippen LogP contribution in [0.1, 0.15) is 29.2 Å². The maximum Gasteiger partial charge on any atom is 0.269 e. The number of halogens is 1. The van der Waals surface area contributed by atoms with Gasteiger partial charge in [-0.15, -0.1) is 0 Å². The number of fused-ring (bicyclic) bond motifs is 1. The monoisotopic (exact) mass is 385 g/mol. The maximum atomic E-state index is 14.8. The Balaban J connectivity index is 2.00. The molecule has 1 unspecified atom stereocenters. The first-order valence-corrected chi connectivity index (χ1v) is 10.2. The van der Waals surface area contributed by atoms with Gasteiger partial charge in [-0.3, -0.25) is 4.98 Å². The molecule has 1 atom stereocenters. The lowest BCUT2D eigenvalue weighted by Gasteiger charge is -2.14. The Hall–Kier alpha value is -2.51. The average Bonchev–Trinajstić information content (AvgIpc) is 3.22. The van der Waals surface area contributed by atoms with E-state index in [9.17, 15) is 12.8 Å². The number of hydrogen-bond acceptors (Lipinski definition) is 4. The fourth-order valence-electron chi connectivity index (χ4n) is 3.74. The smallest absolute Gasteiger partial charge is 0.269 e. The Labute approximate surface area is 157 Å². The van der Waals surface area contributed by atoms with Crippen molar-refractivity contribution in [2.75, 3.05) is 7.05 Å². The van der Waals surface area contributed by atoms with Gasteiger partial charge in [-0.2, -0.15) is 0 Å². The molecular weight excluding hydrogens is 365 g/mol. The van der Waals surface area contributed by atoms with Gasteiger partial charge < -0.3 is 5.32 Å². The van der Waals surface area contributed by atoms with Crippen LogP contribution in [0.2, 0.25) is 0 Å². The van der Waals surface area contributed by atoms with Crippen molar-refractivity contribution in [1.82, 2.24) is 14.3 Å². The molecule has 3 aromatic rings. The van der Waals surface area contributed by atoms with E-state index in [1.54, 1.807) is 31.3 Å². The highest BCUT2D eigenvalue weighted by Crippen LogP contribution is 2.41. The van der Waals surface area contributed by atoms with Crippen molar-refractivity contribution in [2.45, 2.75) is 30.7 Å². The topological polar surface area (TPSA) is 64.0 Å². The van der Waals surface area contributed by atoms with Gasteiger partial charge in [0.2, 0.25) is 0 Å². The molecule has 0 spiro atoms. The molecule has 2 aromatic heterocycles. The Morgan fingerprint density at radius 1 is 1.30 bits per heavy atom. The van der Waals surface area contributed by atoms with Crippen molar-refractivity contribution in [3.8, 4) is 11.3 Å². The number of aromatic nitrogens is 2. The van der Waals surface area contributed by atoms with Gasteiger partial charge in [0.25, 0.3) is 10.0 Å². The lowest BCUT2D eigenvalue weighted by Crippen LogP contribution is -2.16. The minimum Gasteiger partial charge on any atom is -0.313 e. The van der Waals surface area contributed by atoms with Crippen molar-refractivity contribution in [1.29, 1.82) is 0 Å². The zero-order chi connectivity index (χ0) is 19.2. The molecule has 5 nitrogen and oxygen atoms in total. The first kappa shape index (κ1) is 17.9. The van der Waals surface area contributed by atoms with Crippen LogP contribution < -0.4 is 5.32 Å². The molecule has 0 saturated heterocycles. The molecule has 0 fully saturated rings. The number of hydrogen-bond donors (Lipinski definition) is 1. The highest BCUT2D eigenvalue weighted by Gasteiger charge is 2.33. The van der Waals surface area contributed by atoms with E-state index in [0.717, 1.165) is 23.1 Å². The SMILES string of the molecule is CNC1CCc2c1cn(S(=O)(=O)c1cccnc1)c2-c1ccc(C)cc1F. The normalized spacial score (nSPS) is 16.5. The van der Waals surface area contributed by atoms with Gasteiger partial charge >= 0.3 is 0 Å². The number of aryl methyl sites for hydroxylation is 1. The van der Waals surface area contributed by atoms with E-state index in [1.807, 2.05) is 7.05 Å². The summed E-state index contributed by atoms with van der Waals surface area (Å²) < 4.78 is 42.6. The third-order valence-electron chi connectivity index (χ3n) is 5.09. The molecule has 1 aliphatic carbocycles. The van der Waals surface area contributed by atoms with Crippen molar-refractivity contribution in [2.24, 2.45) is 0 Å². The summed E-state index contributed by atoms with van der Waals surface area (Å²) in [7, 11) is -2.05. The predicted molar refractivity (Wildman–Crippen MR) is 102 cm³/mol. The second-order valence-electron chi connectivity index (χ2n) is 6.76. The second kappa shape index (κ2) is 6.58. The van der Waals surface area contributed by atoms with Gasteiger partial charge in [-0.1, -0.05) is 6.07 Å². The van der Waals surface area contributed by atoms with Gasteiger partial charge in [0.05, 0.1) is 5.69 Å². The first-order valence-electron chi connectivity index (χ1n) is 8.77. The van der Waals surface area contributed by atoms with Gasteiger partial charge in [0.1, 0.15) is 10.7 Å². The van der Waals surface area contributed by atoms with Crippen LogP contribution in [0.4, 0.5) is 4.39 Å². The standard InChI is InChI=1S/C20H20FN3O2S/c1-13-5-6-16(18(21)10-13)20-15-7-8-19(22-2)17(15)12-24(20)27(25,26)14-4-3-9-23-11-14/h3-6,9-12,19,22H,7-8H2,1-2H3. The van der Waals surface area contributed by atoms with Crippen LogP contribution in [0, 0.1) is 12.7 Å². The summed E-state index contributed by atoms with van der Waals surface area (Å²) in [5.41, 5.74) is 3.27. The minimum atomic E-state index is -3.89. The predicted octanol–water partition coefficient (Wildman–Crippen LogP) is 3.44. The summed E-state index contributed by atoms with van der Waals surface area (Å²) in [6, 6.07) is 8.01. The molecule has 1 aromatic carbocycles. The average molecular weight is 385 g/mol. The van der Waals surface area contributed by atoms with E-state index in [-0.39, 0.29) is 10.9 Å². The van der Waals surface area contributed by atoms with E-state index < -0.39 is 15.8 Å². The Morgan fingerprint density at radius 3 is 2.78 bits per heavy atom. The Bertz CT molecular complexity index is 1110. The largest absolute Gasteiger partial charge is 0.313 e. The summed E-state index contributed by atoms with van der Waals surface area (Å²) in [5, 5.41) is 3.21. The van der Waals surface area contributed by atoms with E-state index in [1.165, 1.54) is 28.5 Å². The van der Waals surface area contributed by atoms with Crippen LogP contribution in [0.15, 0.2) is 53.8 Å². The number of rotatable bonds is 4. The summed E-state index contributed by atoms with van der Waals surface area (Å²) in [5.74, 6) is -0.425. The van der Waals surface area contributed by atoms with Crippen LogP contribution in [-0.4, -0.2) is 24.4 Å². The molecule has 7 heteroatoms. The summed E-state index contributed by atoms with van der Waals surface area (Å²) >= 11 is 0. The van der Waals surface area contributed by atoms with Crippen molar-refractivity contribution < 1.29 is 12.8 Å².